The third kappa shape index (κ3) is 3.66. The first-order valence-electron chi connectivity index (χ1n) is 4.78. The van der Waals surface area contributed by atoms with Gasteiger partial charge in [0.25, 0.3) is 0 Å². The minimum Gasteiger partial charge on any atom is -0.481 e. The Balaban J connectivity index is 4.35. The molecular weight excluding hydrogens is 182 g/mol. The van der Waals surface area contributed by atoms with E-state index in [0.29, 0.717) is 6.54 Å². The van der Waals surface area contributed by atoms with Gasteiger partial charge in [0.1, 0.15) is 0 Å². The van der Waals surface area contributed by atoms with Gasteiger partial charge in [0.05, 0.1) is 5.92 Å². The highest BCUT2D eigenvalue weighted by atomic mass is 16.4. The van der Waals surface area contributed by atoms with Gasteiger partial charge in [-0.25, -0.2) is 0 Å². The summed E-state index contributed by atoms with van der Waals surface area (Å²) in [5.74, 6) is -1.01. The van der Waals surface area contributed by atoms with Gasteiger partial charge in [-0.3, -0.25) is 4.79 Å². The maximum absolute atomic E-state index is 10.7. The number of hydrogen-bond donors (Lipinski definition) is 1. The Labute approximate surface area is 83.7 Å². The molecule has 80 valence electrons. The molecule has 0 spiro atoms. The van der Waals surface area contributed by atoms with Crippen molar-refractivity contribution in [3.8, 4) is 0 Å². The molecule has 3 atom stereocenters. The summed E-state index contributed by atoms with van der Waals surface area (Å²) < 4.78 is 0. The van der Waals surface area contributed by atoms with Crippen LogP contribution in [0.4, 0.5) is 0 Å². The first-order valence-corrected chi connectivity index (χ1v) is 4.78. The van der Waals surface area contributed by atoms with Crippen LogP contribution in [0.2, 0.25) is 0 Å². The lowest BCUT2D eigenvalue weighted by molar-refractivity contribution is -0.143. The van der Waals surface area contributed by atoms with E-state index in [0.717, 1.165) is 6.42 Å². The van der Waals surface area contributed by atoms with E-state index >= 15 is 0 Å². The zero-order chi connectivity index (χ0) is 11.1. The fourth-order valence-electron chi connectivity index (χ4n) is 1.44. The van der Waals surface area contributed by atoms with Gasteiger partial charge in [-0.15, -0.1) is 0 Å². The molecule has 5 heteroatoms. The number of nitrogens with zero attached hydrogens (tertiary/aromatic N) is 3. The summed E-state index contributed by atoms with van der Waals surface area (Å²) >= 11 is 0. The van der Waals surface area contributed by atoms with Crippen molar-refractivity contribution in [1.29, 1.82) is 0 Å². The van der Waals surface area contributed by atoms with E-state index in [4.69, 9.17) is 10.6 Å². The molecule has 0 radical (unpaired) electrons. The molecule has 0 aromatic rings. The van der Waals surface area contributed by atoms with Gasteiger partial charge in [-0.05, 0) is 17.4 Å². The smallest absolute Gasteiger partial charge is 0.306 e. The molecule has 0 saturated heterocycles. The van der Waals surface area contributed by atoms with Crippen LogP contribution in [-0.4, -0.2) is 17.6 Å². The van der Waals surface area contributed by atoms with Gasteiger partial charge in [-0.1, -0.05) is 32.3 Å². The van der Waals surface area contributed by atoms with Crippen LogP contribution >= 0.6 is 0 Å². The van der Waals surface area contributed by atoms with Crippen molar-refractivity contribution in [2.45, 2.75) is 27.2 Å². The largest absolute Gasteiger partial charge is 0.481 e. The molecule has 1 unspecified atom stereocenters. The van der Waals surface area contributed by atoms with E-state index < -0.39 is 11.9 Å². The lowest BCUT2D eigenvalue weighted by Crippen LogP contribution is -2.26. The average Bonchev–Trinajstić information content (AvgIpc) is 2.17. The fraction of sp³-hybridized carbons (Fsp3) is 0.889. The number of carbonyl (C=O) groups is 1. The molecule has 0 aliphatic carbocycles. The predicted molar refractivity (Wildman–Crippen MR) is 53.8 cm³/mol. The van der Waals surface area contributed by atoms with Crippen LogP contribution in [0.25, 0.3) is 10.4 Å². The lowest BCUT2D eigenvalue weighted by Gasteiger charge is -2.24. The quantitative estimate of drug-likeness (QED) is 0.405. The molecule has 0 aliphatic rings. The normalized spacial score (nSPS) is 16.5. The van der Waals surface area contributed by atoms with Gasteiger partial charge in [0.2, 0.25) is 0 Å². The molecule has 0 aromatic carbocycles. The number of azide groups is 1. The van der Waals surface area contributed by atoms with Crippen LogP contribution in [0.1, 0.15) is 27.2 Å². The topological polar surface area (TPSA) is 86.1 Å². The van der Waals surface area contributed by atoms with E-state index in [9.17, 15) is 4.79 Å². The second-order valence-electron chi connectivity index (χ2n) is 3.57. The highest BCUT2D eigenvalue weighted by Gasteiger charge is 2.25. The summed E-state index contributed by atoms with van der Waals surface area (Å²) in [6, 6.07) is 0. The predicted octanol–water partition coefficient (Wildman–Crippen LogP) is 2.68. The molecule has 0 bridgehead atoms. The summed E-state index contributed by atoms with van der Waals surface area (Å²) in [6.07, 6.45) is 0.831. The molecule has 0 heterocycles. The van der Waals surface area contributed by atoms with Crippen molar-refractivity contribution in [2.24, 2.45) is 22.9 Å². The highest BCUT2D eigenvalue weighted by Crippen LogP contribution is 2.24. The number of hydrogen-bond acceptors (Lipinski definition) is 2. The maximum Gasteiger partial charge on any atom is 0.306 e. The summed E-state index contributed by atoms with van der Waals surface area (Å²) in [4.78, 5) is 13.4. The fourth-order valence-corrected chi connectivity index (χ4v) is 1.44. The molecule has 0 saturated carbocycles. The summed E-state index contributed by atoms with van der Waals surface area (Å²) in [5.41, 5.74) is 8.18. The number of carboxylic acid groups (broad SMARTS) is 1. The van der Waals surface area contributed by atoms with Gasteiger partial charge in [0.15, 0.2) is 0 Å². The molecule has 0 aliphatic heterocycles. The first-order chi connectivity index (χ1) is 6.54. The number of rotatable bonds is 6. The molecule has 0 amide bonds. The Bertz CT molecular complexity index is 236. The summed E-state index contributed by atoms with van der Waals surface area (Å²) in [7, 11) is 0. The van der Waals surface area contributed by atoms with Crippen LogP contribution in [0.3, 0.4) is 0 Å². The van der Waals surface area contributed by atoms with Gasteiger partial charge < -0.3 is 5.11 Å². The third-order valence-corrected chi connectivity index (χ3v) is 2.83. The average molecular weight is 199 g/mol. The van der Waals surface area contributed by atoms with Crippen molar-refractivity contribution in [1.82, 2.24) is 0 Å². The minimum absolute atomic E-state index is 0.0306. The van der Waals surface area contributed by atoms with Gasteiger partial charge >= 0.3 is 5.97 Å². The van der Waals surface area contributed by atoms with Crippen LogP contribution in [0.15, 0.2) is 5.11 Å². The van der Waals surface area contributed by atoms with Crippen LogP contribution in [0, 0.1) is 17.8 Å². The van der Waals surface area contributed by atoms with Crippen molar-refractivity contribution in [3.63, 3.8) is 0 Å². The van der Waals surface area contributed by atoms with E-state index in [1.807, 2.05) is 13.8 Å². The van der Waals surface area contributed by atoms with Crippen LogP contribution in [-0.2, 0) is 4.79 Å². The Morgan fingerprint density at radius 3 is 2.50 bits per heavy atom. The minimum atomic E-state index is -0.795. The number of aliphatic carboxylic acids is 1. The zero-order valence-corrected chi connectivity index (χ0v) is 8.84. The Morgan fingerprint density at radius 2 is 2.14 bits per heavy atom. The molecule has 0 aromatic heterocycles. The van der Waals surface area contributed by atoms with E-state index in [2.05, 4.69) is 10.0 Å². The van der Waals surface area contributed by atoms with Gasteiger partial charge in [-0.2, -0.15) is 0 Å². The SMILES string of the molecule is CC[C@@H](CN=[N+]=[N-])[C@@H](C)C(C)C(=O)O. The van der Waals surface area contributed by atoms with Gasteiger partial charge in [0, 0.05) is 11.5 Å². The standard InChI is InChI=1S/C9H17N3O2/c1-4-8(5-11-12-10)6(2)7(3)9(13)14/h6-8H,4-5H2,1-3H3,(H,13,14)/t6-,7?,8-/m0/s1. The molecule has 14 heavy (non-hydrogen) atoms. The molecular formula is C9H17N3O2. The first kappa shape index (κ1) is 12.8. The summed E-state index contributed by atoms with van der Waals surface area (Å²) in [6.45, 7) is 5.93. The molecule has 5 nitrogen and oxygen atoms in total. The highest BCUT2D eigenvalue weighted by molar-refractivity contribution is 5.69. The molecule has 0 rings (SSSR count). The van der Waals surface area contributed by atoms with Crippen molar-refractivity contribution < 1.29 is 9.90 Å². The second-order valence-corrected chi connectivity index (χ2v) is 3.57. The van der Waals surface area contributed by atoms with Crippen LogP contribution in [0.5, 0.6) is 0 Å². The zero-order valence-electron chi connectivity index (χ0n) is 8.84. The lowest BCUT2D eigenvalue weighted by atomic mass is 9.82. The van der Waals surface area contributed by atoms with Crippen molar-refractivity contribution >= 4 is 5.97 Å². The van der Waals surface area contributed by atoms with E-state index in [1.165, 1.54) is 0 Å². The molecule has 1 N–H and O–H groups in total. The second kappa shape index (κ2) is 6.27. The van der Waals surface area contributed by atoms with Crippen molar-refractivity contribution in [3.05, 3.63) is 10.4 Å². The maximum atomic E-state index is 10.7. The monoisotopic (exact) mass is 199 g/mol. The van der Waals surface area contributed by atoms with E-state index in [1.54, 1.807) is 6.92 Å². The van der Waals surface area contributed by atoms with E-state index in [-0.39, 0.29) is 11.8 Å². The summed E-state index contributed by atoms with van der Waals surface area (Å²) in [5, 5.41) is 12.3. The third-order valence-electron chi connectivity index (χ3n) is 2.83. The van der Waals surface area contributed by atoms with Crippen LogP contribution < -0.4 is 0 Å². The van der Waals surface area contributed by atoms with Crippen molar-refractivity contribution in [2.75, 3.05) is 6.54 Å². The molecule has 0 fully saturated rings. The Kier molecular flexibility index (Phi) is 5.72. The number of carboxylic acids is 1. The Morgan fingerprint density at radius 1 is 1.57 bits per heavy atom. The Hall–Kier alpha value is -1.22.